The Balaban J connectivity index is 2.15. The monoisotopic (exact) mass is 308 g/mol. The molecule has 1 aliphatic heterocycles. The van der Waals surface area contributed by atoms with Crippen molar-refractivity contribution in [1.82, 2.24) is 4.90 Å². The Bertz CT molecular complexity index is 751. The van der Waals surface area contributed by atoms with Crippen molar-refractivity contribution in [3.8, 4) is 5.75 Å². The molecular formula is C20H24N2O. The highest BCUT2D eigenvalue weighted by Gasteiger charge is 2.29. The van der Waals surface area contributed by atoms with E-state index in [2.05, 4.69) is 59.7 Å². The second kappa shape index (κ2) is 5.65. The Hall–Kier alpha value is -2.42. The number of anilines is 1. The molecule has 3 heteroatoms. The third kappa shape index (κ3) is 2.67. The van der Waals surface area contributed by atoms with Gasteiger partial charge < -0.3 is 14.5 Å². The Labute approximate surface area is 138 Å². The molecule has 23 heavy (non-hydrogen) atoms. The van der Waals surface area contributed by atoms with Crippen LogP contribution in [0.3, 0.4) is 0 Å². The van der Waals surface area contributed by atoms with Crippen molar-refractivity contribution < 1.29 is 4.74 Å². The summed E-state index contributed by atoms with van der Waals surface area (Å²) in [6.07, 6.45) is 6.40. The van der Waals surface area contributed by atoms with E-state index in [4.69, 9.17) is 4.74 Å². The van der Waals surface area contributed by atoms with Crippen LogP contribution >= 0.6 is 0 Å². The topological polar surface area (TPSA) is 15.7 Å². The van der Waals surface area contributed by atoms with E-state index in [0.29, 0.717) is 0 Å². The standard InChI is InChI=1S/C20H24N2O/c1-13(2)20-16-9-7-14(21(3)4)11-18(16)23-19-12-15(22(5)6)8-10-17(19)20/h7-12,18H,1H2,2-6H3. The van der Waals surface area contributed by atoms with E-state index in [9.17, 15) is 0 Å². The zero-order valence-corrected chi connectivity index (χ0v) is 14.6. The number of benzene rings is 1. The molecule has 0 spiro atoms. The van der Waals surface area contributed by atoms with E-state index >= 15 is 0 Å². The number of hydrogen-bond acceptors (Lipinski definition) is 3. The maximum atomic E-state index is 6.31. The molecule has 1 aromatic carbocycles. The molecule has 1 aliphatic carbocycles. The summed E-state index contributed by atoms with van der Waals surface area (Å²) in [4.78, 5) is 4.19. The molecule has 1 aromatic rings. The van der Waals surface area contributed by atoms with Gasteiger partial charge in [-0.05, 0) is 42.4 Å². The molecule has 3 rings (SSSR count). The van der Waals surface area contributed by atoms with Crippen molar-refractivity contribution in [2.75, 3.05) is 33.1 Å². The molecule has 1 atom stereocenters. The second-order valence-corrected chi connectivity index (χ2v) is 6.54. The SMILES string of the molecule is C=C(C)C1=C2C=CC(N(C)C)=CC2Oc2cc(N(C)C)ccc21. The van der Waals surface area contributed by atoms with Gasteiger partial charge in [0.2, 0.25) is 0 Å². The van der Waals surface area contributed by atoms with Gasteiger partial charge in [-0.1, -0.05) is 12.7 Å². The smallest absolute Gasteiger partial charge is 0.145 e. The van der Waals surface area contributed by atoms with Crippen molar-refractivity contribution >= 4 is 11.3 Å². The third-order valence-electron chi connectivity index (χ3n) is 4.30. The highest BCUT2D eigenvalue weighted by molar-refractivity contribution is 5.88. The Kier molecular flexibility index (Phi) is 3.80. The van der Waals surface area contributed by atoms with Crippen LogP contribution in [0.25, 0.3) is 5.57 Å². The van der Waals surface area contributed by atoms with E-state index in [1.807, 2.05) is 28.2 Å². The van der Waals surface area contributed by atoms with E-state index in [1.54, 1.807) is 0 Å². The van der Waals surface area contributed by atoms with Crippen LogP contribution in [0.2, 0.25) is 0 Å². The minimum Gasteiger partial charge on any atom is -0.481 e. The van der Waals surface area contributed by atoms with Crippen LogP contribution in [0.4, 0.5) is 5.69 Å². The summed E-state index contributed by atoms with van der Waals surface area (Å²) in [5, 5.41) is 0. The first-order chi connectivity index (χ1) is 10.9. The van der Waals surface area contributed by atoms with Crippen molar-refractivity contribution in [2.45, 2.75) is 13.0 Å². The van der Waals surface area contributed by atoms with Crippen molar-refractivity contribution in [1.29, 1.82) is 0 Å². The molecule has 0 saturated carbocycles. The largest absolute Gasteiger partial charge is 0.481 e. The number of hydrogen-bond donors (Lipinski definition) is 0. The maximum absolute atomic E-state index is 6.31. The lowest BCUT2D eigenvalue weighted by Crippen LogP contribution is -2.27. The maximum Gasteiger partial charge on any atom is 0.145 e. The average molecular weight is 308 g/mol. The van der Waals surface area contributed by atoms with Gasteiger partial charge in [-0.25, -0.2) is 0 Å². The molecule has 1 heterocycles. The first-order valence-corrected chi connectivity index (χ1v) is 7.84. The first kappa shape index (κ1) is 15.5. The number of rotatable bonds is 3. The van der Waals surface area contributed by atoms with Gasteiger partial charge in [0.05, 0.1) is 0 Å². The predicted octanol–water partition coefficient (Wildman–Crippen LogP) is 3.86. The van der Waals surface area contributed by atoms with Crippen molar-refractivity contribution in [2.24, 2.45) is 0 Å². The zero-order valence-electron chi connectivity index (χ0n) is 14.6. The molecule has 0 bridgehead atoms. The second-order valence-electron chi connectivity index (χ2n) is 6.54. The first-order valence-electron chi connectivity index (χ1n) is 7.84. The van der Waals surface area contributed by atoms with Crippen LogP contribution in [0.5, 0.6) is 5.75 Å². The fraction of sp³-hybridized carbons (Fsp3) is 0.300. The summed E-state index contributed by atoms with van der Waals surface area (Å²) < 4.78 is 6.31. The van der Waals surface area contributed by atoms with Gasteiger partial charge in [0.15, 0.2) is 0 Å². The van der Waals surface area contributed by atoms with Gasteiger partial charge in [-0.15, -0.1) is 0 Å². The Morgan fingerprint density at radius 2 is 1.83 bits per heavy atom. The number of ether oxygens (including phenoxy) is 1. The summed E-state index contributed by atoms with van der Waals surface area (Å²) in [5.74, 6) is 0.924. The Morgan fingerprint density at radius 3 is 2.43 bits per heavy atom. The lowest BCUT2D eigenvalue weighted by atomic mass is 9.86. The van der Waals surface area contributed by atoms with E-state index in [0.717, 1.165) is 28.3 Å². The van der Waals surface area contributed by atoms with E-state index in [1.165, 1.54) is 11.1 Å². The highest BCUT2D eigenvalue weighted by atomic mass is 16.5. The summed E-state index contributed by atoms with van der Waals surface area (Å²) in [7, 11) is 8.18. The predicted molar refractivity (Wildman–Crippen MR) is 97.8 cm³/mol. The minimum absolute atomic E-state index is 0.0611. The molecule has 120 valence electrons. The molecule has 0 radical (unpaired) electrons. The fourth-order valence-electron chi connectivity index (χ4n) is 3.05. The van der Waals surface area contributed by atoms with Gasteiger partial charge in [0.25, 0.3) is 0 Å². The molecular weight excluding hydrogens is 284 g/mol. The van der Waals surface area contributed by atoms with Crippen LogP contribution in [0, 0.1) is 0 Å². The molecule has 1 unspecified atom stereocenters. The average Bonchev–Trinajstić information content (AvgIpc) is 2.50. The minimum atomic E-state index is -0.0611. The van der Waals surface area contributed by atoms with Gasteiger partial charge in [-0.3, -0.25) is 0 Å². The molecule has 0 saturated heterocycles. The summed E-state index contributed by atoms with van der Waals surface area (Å²) in [6, 6.07) is 6.37. The lowest BCUT2D eigenvalue weighted by molar-refractivity contribution is 0.277. The molecule has 0 aromatic heterocycles. The van der Waals surface area contributed by atoms with Gasteiger partial charge in [0, 0.05) is 56.8 Å². The zero-order chi connectivity index (χ0) is 16.7. The third-order valence-corrected chi connectivity index (χ3v) is 4.30. The van der Waals surface area contributed by atoms with Gasteiger partial charge in [0.1, 0.15) is 11.9 Å². The summed E-state index contributed by atoms with van der Waals surface area (Å²) in [5.41, 5.74) is 6.88. The molecule has 0 N–H and O–H groups in total. The van der Waals surface area contributed by atoms with Crippen LogP contribution < -0.4 is 9.64 Å². The van der Waals surface area contributed by atoms with Crippen LogP contribution in [0.1, 0.15) is 12.5 Å². The van der Waals surface area contributed by atoms with Crippen molar-refractivity contribution in [3.05, 3.63) is 65.4 Å². The van der Waals surface area contributed by atoms with E-state index < -0.39 is 0 Å². The van der Waals surface area contributed by atoms with Crippen LogP contribution in [-0.4, -0.2) is 39.2 Å². The molecule has 0 amide bonds. The number of fused-ring (bicyclic) bond motifs is 2. The number of allylic oxidation sites excluding steroid dienone is 3. The number of nitrogens with zero attached hydrogens (tertiary/aromatic N) is 2. The van der Waals surface area contributed by atoms with Gasteiger partial charge in [-0.2, -0.15) is 0 Å². The summed E-state index contributed by atoms with van der Waals surface area (Å²) in [6.45, 7) is 6.25. The number of likely N-dealkylation sites (N-methyl/N-ethyl adjacent to an activating group) is 1. The quantitative estimate of drug-likeness (QED) is 0.843. The van der Waals surface area contributed by atoms with Gasteiger partial charge >= 0.3 is 0 Å². The normalized spacial score (nSPS) is 18.7. The summed E-state index contributed by atoms with van der Waals surface area (Å²) >= 11 is 0. The lowest BCUT2D eigenvalue weighted by Gasteiger charge is -2.32. The highest BCUT2D eigenvalue weighted by Crippen LogP contribution is 2.43. The molecule has 2 aliphatic rings. The molecule has 0 fully saturated rings. The molecule has 3 nitrogen and oxygen atoms in total. The fourth-order valence-corrected chi connectivity index (χ4v) is 3.05. The van der Waals surface area contributed by atoms with Crippen LogP contribution in [0.15, 0.2) is 59.8 Å². The van der Waals surface area contributed by atoms with Crippen molar-refractivity contribution in [3.63, 3.8) is 0 Å². The Morgan fingerprint density at radius 1 is 1.09 bits per heavy atom. The van der Waals surface area contributed by atoms with Crippen LogP contribution in [-0.2, 0) is 0 Å². The van der Waals surface area contributed by atoms with E-state index in [-0.39, 0.29) is 6.10 Å².